The minimum absolute atomic E-state index is 0.148. The molecule has 0 spiro atoms. The predicted molar refractivity (Wildman–Crippen MR) is 151 cm³/mol. The summed E-state index contributed by atoms with van der Waals surface area (Å²) in [5.74, 6) is 1.58. The van der Waals surface area contributed by atoms with Crippen molar-refractivity contribution in [2.45, 2.75) is 13.0 Å². The molecule has 212 valence electrons. The topological polar surface area (TPSA) is 129 Å². The standard InChI is InChI=1S/C29H25FN8O4/c1-4-28(39)37-13-19(14-37)41-25-8-20-23(9-24(25)40-3)31-15-34-29(20)36-22-6-5-18(7-21(22)30)42-27-10-26(32-16-33-27)38-12-17(2)11-35-38/h4-12,15-16,19H,1,13-14H2,2-3H3,(H,31,34,36). The van der Waals surface area contributed by atoms with Gasteiger partial charge >= 0.3 is 0 Å². The zero-order chi connectivity index (χ0) is 29.2. The lowest BCUT2D eigenvalue weighted by atomic mass is 10.1. The third-order valence-corrected chi connectivity index (χ3v) is 6.54. The third kappa shape index (κ3) is 5.39. The van der Waals surface area contributed by atoms with Crippen LogP contribution < -0.4 is 19.5 Å². The minimum Gasteiger partial charge on any atom is -0.493 e. The van der Waals surface area contributed by atoms with Gasteiger partial charge in [-0.05, 0) is 36.8 Å². The highest BCUT2D eigenvalue weighted by atomic mass is 19.1. The third-order valence-electron chi connectivity index (χ3n) is 6.54. The van der Waals surface area contributed by atoms with Crippen LogP contribution in [0.4, 0.5) is 15.9 Å². The van der Waals surface area contributed by atoms with Crippen LogP contribution in [0.3, 0.4) is 0 Å². The van der Waals surface area contributed by atoms with E-state index in [0.29, 0.717) is 47.1 Å². The van der Waals surface area contributed by atoms with Gasteiger partial charge in [-0.15, -0.1) is 0 Å². The number of benzene rings is 2. The predicted octanol–water partition coefficient (Wildman–Crippen LogP) is 4.37. The van der Waals surface area contributed by atoms with Crippen molar-refractivity contribution in [3.8, 4) is 28.9 Å². The van der Waals surface area contributed by atoms with E-state index in [2.05, 4.69) is 36.9 Å². The number of hydrogen-bond donors (Lipinski definition) is 1. The first-order chi connectivity index (χ1) is 20.4. The van der Waals surface area contributed by atoms with Crippen molar-refractivity contribution in [1.82, 2.24) is 34.6 Å². The summed E-state index contributed by atoms with van der Waals surface area (Å²) in [4.78, 5) is 30.4. The van der Waals surface area contributed by atoms with Crippen LogP contribution in [0.15, 0.2) is 74.1 Å². The van der Waals surface area contributed by atoms with Crippen molar-refractivity contribution >= 4 is 28.3 Å². The second-order valence-electron chi connectivity index (χ2n) is 9.48. The molecule has 1 aliphatic heterocycles. The van der Waals surface area contributed by atoms with Crippen LogP contribution >= 0.6 is 0 Å². The molecule has 0 unspecified atom stereocenters. The second-order valence-corrected chi connectivity index (χ2v) is 9.48. The molecule has 1 saturated heterocycles. The number of likely N-dealkylation sites (tertiary alicyclic amines) is 1. The Morgan fingerprint density at radius 1 is 1.10 bits per heavy atom. The van der Waals surface area contributed by atoms with Gasteiger partial charge in [-0.2, -0.15) is 5.10 Å². The fourth-order valence-electron chi connectivity index (χ4n) is 4.37. The molecule has 1 amide bonds. The monoisotopic (exact) mass is 568 g/mol. The molecule has 0 atom stereocenters. The molecule has 1 N–H and O–H groups in total. The minimum atomic E-state index is -0.567. The van der Waals surface area contributed by atoms with E-state index in [1.165, 1.54) is 38.0 Å². The number of rotatable bonds is 9. The van der Waals surface area contributed by atoms with E-state index in [9.17, 15) is 4.79 Å². The molecule has 42 heavy (non-hydrogen) atoms. The smallest absolute Gasteiger partial charge is 0.246 e. The van der Waals surface area contributed by atoms with E-state index in [4.69, 9.17) is 14.2 Å². The van der Waals surface area contributed by atoms with Crippen molar-refractivity contribution in [2.75, 3.05) is 25.5 Å². The molecule has 0 radical (unpaired) electrons. The Balaban J connectivity index is 1.21. The molecule has 5 aromatic rings. The fraction of sp³-hybridized carbons (Fsp3) is 0.172. The maximum absolute atomic E-state index is 15.2. The Kier molecular flexibility index (Phi) is 7.05. The Morgan fingerprint density at radius 3 is 2.67 bits per heavy atom. The number of nitrogens with zero attached hydrogens (tertiary/aromatic N) is 7. The first kappa shape index (κ1) is 26.6. The number of carbonyl (C=O) groups excluding carboxylic acids is 1. The molecule has 4 heterocycles. The van der Waals surface area contributed by atoms with Crippen molar-refractivity contribution in [3.05, 3.63) is 85.5 Å². The van der Waals surface area contributed by atoms with E-state index < -0.39 is 5.82 Å². The maximum atomic E-state index is 15.2. The molecular weight excluding hydrogens is 543 g/mol. The number of aryl methyl sites for hydroxylation is 1. The first-order valence-corrected chi connectivity index (χ1v) is 12.9. The Hall–Kier alpha value is -5.59. The summed E-state index contributed by atoms with van der Waals surface area (Å²) < 4.78 is 34.2. The summed E-state index contributed by atoms with van der Waals surface area (Å²) in [6, 6.07) is 9.46. The van der Waals surface area contributed by atoms with E-state index >= 15 is 4.39 Å². The summed E-state index contributed by atoms with van der Waals surface area (Å²) in [5, 5.41) is 7.86. The van der Waals surface area contributed by atoms with Crippen LogP contribution in [-0.2, 0) is 4.79 Å². The normalized spacial score (nSPS) is 13.0. The average Bonchev–Trinajstić information content (AvgIpc) is 3.42. The number of hydrogen-bond acceptors (Lipinski definition) is 10. The van der Waals surface area contributed by atoms with Gasteiger partial charge < -0.3 is 24.4 Å². The molecule has 13 heteroatoms. The average molecular weight is 569 g/mol. The van der Waals surface area contributed by atoms with Crippen LogP contribution in [0.2, 0.25) is 0 Å². The van der Waals surface area contributed by atoms with Gasteiger partial charge in [0.2, 0.25) is 11.8 Å². The summed E-state index contributed by atoms with van der Waals surface area (Å²) in [7, 11) is 1.53. The molecule has 3 aromatic heterocycles. The fourth-order valence-corrected chi connectivity index (χ4v) is 4.37. The summed E-state index contributed by atoms with van der Waals surface area (Å²) >= 11 is 0. The summed E-state index contributed by atoms with van der Waals surface area (Å²) in [5.41, 5.74) is 1.72. The lowest BCUT2D eigenvalue weighted by Crippen LogP contribution is -2.55. The van der Waals surface area contributed by atoms with Gasteiger partial charge in [0.1, 0.15) is 36.1 Å². The second kappa shape index (κ2) is 11.1. The quantitative estimate of drug-likeness (QED) is 0.256. The molecule has 1 fully saturated rings. The van der Waals surface area contributed by atoms with Crippen LogP contribution in [0.5, 0.6) is 23.1 Å². The zero-order valence-corrected chi connectivity index (χ0v) is 22.7. The molecule has 0 saturated carbocycles. The molecule has 2 aromatic carbocycles. The van der Waals surface area contributed by atoms with E-state index in [0.717, 1.165) is 5.56 Å². The highest BCUT2D eigenvalue weighted by molar-refractivity contribution is 5.93. The number of fused-ring (bicyclic) bond motifs is 1. The highest BCUT2D eigenvalue weighted by Crippen LogP contribution is 2.36. The Labute approximate surface area is 239 Å². The largest absolute Gasteiger partial charge is 0.493 e. The molecule has 6 rings (SSSR count). The number of methoxy groups -OCH3 is 1. The van der Waals surface area contributed by atoms with Crippen LogP contribution in [0, 0.1) is 12.7 Å². The SMILES string of the molecule is C=CC(=O)N1CC(Oc2cc3c(Nc4ccc(Oc5cc(-n6cc(C)cn6)ncn5)cc4F)ncnc3cc2OC)C1. The highest BCUT2D eigenvalue weighted by Gasteiger charge is 2.31. The molecule has 0 aliphatic carbocycles. The van der Waals surface area contributed by atoms with Crippen molar-refractivity contribution in [3.63, 3.8) is 0 Å². The molecule has 0 bridgehead atoms. The van der Waals surface area contributed by atoms with Gasteiger partial charge in [0.25, 0.3) is 0 Å². The molecule has 12 nitrogen and oxygen atoms in total. The van der Waals surface area contributed by atoms with Gasteiger partial charge in [0.05, 0.1) is 37.6 Å². The lowest BCUT2D eigenvalue weighted by Gasteiger charge is -2.38. The summed E-state index contributed by atoms with van der Waals surface area (Å²) in [6.45, 7) is 6.29. The van der Waals surface area contributed by atoms with Crippen LogP contribution in [0.1, 0.15) is 5.56 Å². The Bertz CT molecular complexity index is 1800. The van der Waals surface area contributed by atoms with Crippen molar-refractivity contribution in [1.29, 1.82) is 0 Å². The number of aromatic nitrogens is 6. The van der Waals surface area contributed by atoms with Crippen molar-refractivity contribution < 1.29 is 23.4 Å². The van der Waals surface area contributed by atoms with Crippen LogP contribution in [0.25, 0.3) is 16.7 Å². The van der Waals surface area contributed by atoms with E-state index in [-0.39, 0.29) is 29.3 Å². The van der Waals surface area contributed by atoms with Gasteiger partial charge in [0, 0.05) is 29.8 Å². The number of nitrogens with one attached hydrogen (secondary N) is 1. The van der Waals surface area contributed by atoms with Gasteiger partial charge in [-0.1, -0.05) is 6.58 Å². The van der Waals surface area contributed by atoms with E-state index in [1.54, 1.807) is 40.0 Å². The number of halogens is 1. The summed E-state index contributed by atoms with van der Waals surface area (Å²) in [6.07, 6.45) is 7.32. The molecule has 1 aliphatic rings. The number of carbonyl (C=O) groups is 1. The molecular formula is C29H25FN8O4. The zero-order valence-electron chi connectivity index (χ0n) is 22.7. The van der Waals surface area contributed by atoms with Gasteiger partial charge in [0.15, 0.2) is 17.3 Å². The van der Waals surface area contributed by atoms with Gasteiger partial charge in [-0.25, -0.2) is 29.0 Å². The first-order valence-electron chi connectivity index (χ1n) is 12.9. The number of anilines is 2. The Morgan fingerprint density at radius 2 is 1.93 bits per heavy atom. The van der Waals surface area contributed by atoms with Crippen LogP contribution in [-0.4, -0.2) is 66.8 Å². The van der Waals surface area contributed by atoms with Crippen molar-refractivity contribution in [2.24, 2.45) is 0 Å². The lowest BCUT2D eigenvalue weighted by molar-refractivity contribution is -0.134. The maximum Gasteiger partial charge on any atom is 0.246 e. The number of ether oxygens (including phenoxy) is 3. The number of amides is 1. The van der Waals surface area contributed by atoms with Gasteiger partial charge in [-0.3, -0.25) is 4.79 Å². The van der Waals surface area contributed by atoms with E-state index in [1.807, 2.05) is 13.1 Å².